The molecule has 5 heteroatoms. The highest BCUT2D eigenvalue weighted by Gasteiger charge is 2.26. The van der Waals surface area contributed by atoms with Crippen molar-refractivity contribution in [2.75, 3.05) is 19.5 Å². The Balaban J connectivity index is 1.75. The van der Waals surface area contributed by atoms with Gasteiger partial charge in [-0.1, -0.05) is 48.0 Å². The van der Waals surface area contributed by atoms with Crippen LogP contribution in [0, 0.1) is 6.92 Å². The van der Waals surface area contributed by atoms with Gasteiger partial charge in [0.1, 0.15) is 0 Å². The molecule has 1 aromatic heterocycles. The van der Waals surface area contributed by atoms with Crippen LogP contribution in [0.2, 0.25) is 0 Å². The van der Waals surface area contributed by atoms with Gasteiger partial charge in [-0.15, -0.1) is 0 Å². The third-order valence-electron chi connectivity index (χ3n) is 5.53. The molecule has 0 aliphatic rings. The Bertz CT molecular complexity index is 1190. The molecule has 0 aliphatic heterocycles. The van der Waals surface area contributed by atoms with E-state index in [9.17, 15) is 4.79 Å². The van der Waals surface area contributed by atoms with Crippen molar-refractivity contribution >= 4 is 22.5 Å². The molecule has 0 aliphatic carbocycles. The summed E-state index contributed by atoms with van der Waals surface area (Å²) in [4.78, 5) is 16.4. The molecule has 0 saturated carbocycles. The SMILES string of the molecule is COc1cccc(C(CC(=O)Nc2ccc(C)cc2)c2c[nH]c3ccccc23)c1OC. The zero-order chi connectivity index (χ0) is 21.8. The molecule has 0 spiro atoms. The normalized spacial score (nSPS) is 11.8. The van der Waals surface area contributed by atoms with E-state index in [2.05, 4.69) is 16.4 Å². The van der Waals surface area contributed by atoms with Crippen LogP contribution in [0.25, 0.3) is 10.9 Å². The number of carbonyl (C=O) groups is 1. The largest absolute Gasteiger partial charge is 0.493 e. The first-order chi connectivity index (χ1) is 15.1. The number of H-pyrrole nitrogens is 1. The molecule has 0 radical (unpaired) electrons. The van der Waals surface area contributed by atoms with E-state index < -0.39 is 0 Å². The van der Waals surface area contributed by atoms with Crippen LogP contribution in [-0.4, -0.2) is 25.1 Å². The minimum atomic E-state index is -0.216. The zero-order valence-electron chi connectivity index (χ0n) is 17.9. The van der Waals surface area contributed by atoms with E-state index in [1.54, 1.807) is 14.2 Å². The predicted molar refractivity (Wildman–Crippen MR) is 124 cm³/mol. The molecule has 0 fully saturated rings. The van der Waals surface area contributed by atoms with Crippen LogP contribution in [0.1, 0.15) is 29.0 Å². The van der Waals surface area contributed by atoms with E-state index in [1.807, 2.05) is 73.8 Å². The molecule has 3 aromatic carbocycles. The van der Waals surface area contributed by atoms with Gasteiger partial charge in [-0.3, -0.25) is 4.79 Å². The first kappa shape index (κ1) is 20.5. The molecule has 4 rings (SSSR count). The maximum atomic E-state index is 13.1. The Kier molecular flexibility index (Phi) is 5.94. The summed E-state index contributed by atoms with van der Waals surface area (Å²) in [6.07, 6.45) is 2.24. The predicted octanol–water partition coefficient (Wildman–Crippen LogP) is 5.65. The van der Waals surface area contributed by atoms with Gasteiger partial charge in [-0.05, 0) is 36.8 Å². The van der Waals surface area contributed by atoms with Crippen LogP contribution in [0.4, 0.5) is 5.69 Å². The summed E-state index contributed by atoms with van der Waals surface area (Å²) in [5, 5.41) is 4.11. The molecule has 158 valence electrons. The van der Waals surface area contributed by atoms with E-state index >= 15 is 0 Å². The van der Waals surface area contributed by atoms with E-state index in [0.29, 0.717) is 11.5 Å². The van der Waals surface area contributed by atoms with Crippen molar-refractivity contribution < 1.29 is 14.3 Å². The number of aromatic amines is 1. The number of amides is 1. The summed E-state index contributed by atoms with van der Waals surface area (Å²) >= 11 is 0. The van der Waals surface area contributed by atoms with Gasteiger partial charge in [-0.25, -0.2) is 0 Å². The number of para-hydroxylation sites is 2. The molecule has 1 atom stereocenters. The summed E-state index contributed by atoms with van der Waals surface area (Å²) in [6.45, 7) is 2.02. The molecule has 5 nitrogen and oxygen atoms in total. The number of fused-ring (bicyclic) bond motifs is 1. The van der Waals surface area contributed by atoms with Crippen molar-refractivity contribution in [3.05, 3.63) is 89.6 Å². The number of ether oxygens (including phenoxy) is 2. The number of benzene rings is 3. The number of methoxy groups -OCH3 is 2. The second kappa shape index (κ2) is 8.96. The number of aryl methyl sites for hydroxylation is 1. The van der Waals surface area contributed by atoms with Crippen molar-refractivity contribution in [3.8, 4) is 11.5 Å². The fraction of sp³-hybridized carbons (Fsp3) is 0.192. The van der Waals surface area contributed by atoms with Crippen molar-refractivity contribution in [2.24, 2.45) is 0 Å². The standard InChI is InChI=1S/C26H26N2O3/c1-17-11-13-18(14-12-17)28-25(29)15-21(20-8-6-10-24(30-2)26(20)31-3)22-16-27-23-9-5-4-7-19(22)23/h4-14,16,21,27H,15H2,1-3H3,(H,28,29). The number of hydrogen-bond donors (Lipinski definition) is 2. The van der Waals surface area contributed by atoms with E-state index in [1.165, 1.54) is 0 Å². The van der Waals surface area contributed by atoms with Crippen LogP contribution in [-0.2, 0) is 4.79 Å². The number of nitrogens with one attached hydrogen (secondary N) is 2. The molecule has 4 aromatic rings. The summed E-state index contributed by atoms with van der Waals surface area (Å²) in [5.74, 6) is 1.00. The van der Waals surface area contributed by atoms with Crippen LogP contribution >= 0.6 is 0 Å². The van der Waals surface area contributed by atoms with Gasteiger partial charge >= 0.3 is 0 Å². The number of hydrogen-bond acceptors (Lipinski definition) is 3. The topological polar surface area (TPSA) is 63.3 Å². The Hall–Kier alpha value is -3.73. The first-order valence-electron chi connectivity index (χ1n) is 10.2. The lowest BCUT2D eigenvalue weighted by Crippen LogP contribution is -2.17. The molecule has 1 unspecified atom stereocenters. The summed E-state index contributed by atoms with van der Waals surface area (Å²) in [5.41, 5.74) is 4.91. The summed E-state index contributed by atoms with van der Waals surface area (Å²) in [6, 6.07) is 21.7. The Morgan fingerprint density at radius 3 is 2.45 bits per heavy atom. The van der Waals surface area contributed by atoms with Gasteiger partial charge < -0.3 is 19.8 Å². The lowest BCUT2D eigenvalue weighted by Gasteiger charge is -2.21. The van der Waals surface area contributed by atoms with Gasteiger partial charge in [0.05, 0.1) is 14.2 Å². The highest BCUT2D eigenvalue weighted by molar-refractivity contribution is 5.93. The highest BCUT2D eigenvalue weighted by Crippen LogP contribution is 2.42. The lowest BCUT2D eigenvalue weighted by molar-refractivity contribution is -0.116. The number of aromatic nitrogens is 1. The van der Waals surface area contributed by atoms with E-state index in [-0.39, 0.29) is 18.2 Å². The molecular formula is C26H26N2O3. The molecule has 2 N–H and O–H groups in total. The fourth-order valence-electron chi connectivity index (χ4n) is 3.99. The first-order valence-corrected chi connectivity index (χ1v) is 10.2. The highest BCUT2D eigenvalue weighted by atomic mass is 16.5. The molecule has 1 amide bonds. The fourth-order valence-corrected chi connectivity index (χ4v) is 3.99. The van der Waals surface area contributed by atoms with Gasteiger partial charge in [-0.2, -0.15) is 0 Å². The van der Waals surface area contributed by atoms with Gasteiger partial charge in [0.2, 0.25) is 5.91 Å². The van der Waals surface area contributed by atoms with Crippen molar-refractivity contribution in [1.82, 2.24) is 4.98 Å². The van der Waals surface area contributed by atoms with Crippen molar-refractivity contribution in [3.63, 3.8) is 0 Å². The number of rotatable bonds is 7. The monoisotopic (exact) mass is 414 g/mol. The maximum absolute atomic E-state index is 13.1. The van der Waals surface area contributed by atoms with Crippen LogP contribution in [0.15, 0.2) is 72.9 Å². The van der Waals surface area contributed by atoms with Crippen molar-refractivity contribution in [1.29, 1.82) is 0 Å². The minimum Gasteiger partial charge on any atom is -0.493 e. The maximum Gasteiger partial charge on any atom is 0.225 e. The lowest BCUT2D eigenvalue weighted by atomic mass is 9.87. The molecule has 0 bridgehead atoms. The molecular weight excluding hydrogens is 388 g/mol. The van der Waals surface area contributed by atoms with E-state index in [0.717, 1.165) is 33.3 Å². The second-order valence-corrected chi connectivity index (χ2v) is 7.54. The Morgan fingerprint density at radius 1 is 0.935 bits per heavy atom. The molecule has 31 heavy (non-hydrogen) atoms. The van der Waals surface area contributed by atoms with Gasteiger partial charge in [0.25, 0.3) is 0 Å². The average Bonchev–Trinajstić information content (AvgIpc) is 3.22. The molecule has 0 saturated heterocycles. The minimum absolute atomic E-state index is 0.0657. The van der Waals surface area contributed by atoms with Gasteiger partial charge in [0.15, 0.2) is 11.5 Å². The Morgan fingerprint density at radius 2 is 1.71 bits per heavy atom. The number of anilines is 1. The smallest absolute Gasteiger partial charge is 0.225 e. The summed E-state index contributed by atoms with van der Waals surface area (Å²) < 4.78 is 11.2. The zero-order valence-corrected chi connectivity index (χ0v) is 17.9. The second-order valence-electron chi connectivity index (χ2n) is 7.54. The van der Waals surface area contributed by atoms with Crippen molar-refractivity contribution in [2.45, 2.75) is 19.3 Å². The number of carbonyl (C=O) groups excluding carboxylic acids is 1. The Labute approximate surface area is 182 Å². The van der Waals surface area contributed by atoms with Crippen LogP contribution in [0.5, 0.6) is 11.5 Å². The van der Waals surface area contributed by atoms with E-state index in [4.69, 9.17) is 9.47 Å². The quantitative estimate of drug-likeness (QED) is 0.410. The average molecular weight is 415 g/mol. The summed E-state index contributed by atoms with van der Waals surface area (Å²) in [7, 11) is 3.24. The van der Waals surface area contributed by atoms with Crippen LogP contribution < -0.4 is 14.8 Å². The molecule has 1 heterocycles. The van der Waals surface area contributed by atoms with Gasteiger partial charge in [0, 0.05) is 40.7 Å². The van der Waals surface area contributed by atoms with Crippen LogP contribution in [0.3, 0.4) is 0 Å². The third-order valence-corrected chi connectivity index (χ3v) is 5.53. The third kappa shape index (κ3) is 4.26.